The van der Waals surface area contributed by atoms with Gasteiger partial charge in [0, 0.05) is 19.6 Å². The van der Waals surface area contributed by atoms with Gasteiger partial charge in [-0.25, -0.2) is 4.79 Å². The topological polar surface area (TPSA) is 52.6 Å². The van der Waals surface area contributed by atoms with Crippen molar-refractivity contribution >= 4 is 6.09 Å². The Morgan fingerprint density at radius 2 is 1.90 bits per heavy atom. The molecule has 0 aromatic heterocycles. The summed E-state index contributed by atoms with van der Waals surface area (Å²) in [6.07, 6.45) is 3.98. The number of hydrogen-bond acceptors (Lipinski definition) is 2. The van der Waals surface area contributed by atoms with Gasteiger partial charge in [0.25, 0.3) is 0 Å². The van der Waals surface area contributed by atoms with Crippen LogP contribution in [-0.4, -0.2) is 35.7 Å². The highest BCUT2D eigenvalue weighted by Gasteiger charge is 2.06. The number of nitrogens with one attached hydrogen (secondary N) is 1. The third-order valence-electron chi connectivity index (χ3n) is 3.28. The van der Waals surface area contributed by atoms with E-state index in [9.17, 15) is 4.79 Å². The smallest absolute Gasteiger partial charge is 0.404 e. The van der Waals surface area contributed by atoms with Crippen LogP contribution in [0.1, 0.15) is 38.2 Å². The normalized spacial score (nSPS) is 10.7. The molecule has 0 saturated heterocycles. The molecular weight excluding hydrogens is 252 g/mol. The van der Waals surface area contributed by atoms with Gasteiger partial charge in [0.2, 0.25) is 0 Å². The van der Waals surface area contributed by atoms with E-state index < -0.39 is 6.09 Å². The summed E-state index contributed by atoms with van der Waals surface area (Å²) in [5.74, 6) is 0. The zero-order chi connectivity index (χ0) is 14.6. The van der Waals surface area contributed by atoms with Crippen LogP contribution in [0, 0.1) is 0 Å². The molecule has 0 aliphatic heterocycles. The first-order chi connectivity index (χ1) is 9.72. The van der Waals surface area contributed by atoms with E-state index in [2.05, 4.69) is 29.3 Å². The van der Waals surface area contributed by atoms with Gasteiger partial charge in [-0.15, -0.1) is 0 Å². The van der Waals surface area contributed by atoms with Crippen LogP contribution in [0.15, 0.2) is 30.3 Å². The van der Waals surface area contributed by atoms with E-state index in [1.807, 2.05) is 18.2 Å². The van der Waals surface area contributed by atoms with Crippen LogP contribution in [0.5, 0.6) is 0 Å². The molecule has 1 amide bonds. The quantitative estimate of drug-likeness (QED) is 0.645. The SMILES string of the molecule is CCCCCCN(CCNC(=O)O)Cc1ccccc1. The standard InChI is InChI=1S/C16H26N2O2/c1-2-3-4-8-12-18(13-11-17-16(19)20)14-15-9-6-5-7-10-15/h5-7,9-10,17H,2-4,8,11-14H2,1H3,(H,19,20). The summed E-state index contributed by atoms with van der Waals surface area (Å²) in [7, 11) is 0. The fourth-order valence-corrected chi connectivity index (χ4v) is 2.19. The Bertz CT molecular complexity index is 368. The third-order valence-corrected chi connectivity index (χ3v) is 3.28. The highest BCUT2D eigenvalue weighted by atomic mass is 16.4. The highest BCUT2D eigenvalue weighted by Crippen LogP contribution is 2.07. The summed E-state index contributed by atoms with van der Waals surface area (Å²) in [6, 6.07) is 10.3. The molecule has 4 nitrogen and oxygen atoms in total. The lowest BCUT2D eigenvalue weighted by atomic mass is 10.1. The Morgan fingerprint density at radius 1 is 1.15 bits per heavy atom. The first-order valence-corrected chi connectivity index (χ1v) is 7.45. The van der Waals surface area contributed by atoms with Crippen molar-refractivity contribution in [3.8, 4) is 0 Å². The van der Waals surface area contributed by atoms with Crippen molar-refractivity contribution in [2.24, 2.45) is 0 Å². The first kappa shape index (κ1) is 16.5. The number of benzene rings is 1. The van der Waals surface area contributed by atoms with E-state index in [1.165, 1.54) is 31.2 Å². The Morgan fingerprint density at radius 3 is 2.55 bits per heavy atom. The van der Waals surface area contributed by atoms with Crippen molar-refractivity contribution in [3.05, 3.63) is 35.9 Å². The van der Waals surface area contributed by atoms with Crippen LogP contribution in [0.2, 0.25) is 0 Å². The molecule has 0 fully saturated rings. The summed E-state index contributed by atoms with van der Waals surface area (Å²) in [6.45, 7) is 5.35. The largest absolute Gasteiger partial charge is 0.465 e. The van der Waals surface area contributed by atoms with E-state index in [-0.39, 0.29) is 0 Å². The maximum absolute atomic E-state index is 10.5. The van der Waals surface area contributed by atoms with Crippen molar-refractivity contribution in [2.45, 2.75) is 39.2 Å². The van der Waals surface area contributed by atoms with Gasteiger partial charge in [-0.1, -0.05) is 56.5 Å². The van der Waals surface area contributed by atoms with Crippen LogP contribution < -0.4 is 5.32 Å². The van der Waals surface area contributed by atoms with Crippen LogP contribution in [0.25, 0.3) is 0 Å². The Hall–Kier alpha value is -1.55. The summed E-state index contributed by atoms with van der Waals surface area (Å²) < 4.78 is 0. The van der Waals surface area contributed by atoms with Gasteiger partial charge in [-0.2, -0.15) is 0 Å². The Kier molecular flexibility index (Phi) is 8.47. The van der Waals surface area contributed by atoms with Crippen LogP contribution in [0.3, 0.4) is 0 Å². The van der Waals surface area contributed by atoms with Gasteiger partial charge in [0.1, 0.15) is 0 Å². The first-order valence-electron chi connectivity index (χ1n) is 7.45. The molecule has 2 N–H and O–H groups in total. The fraction of sp³-hybridized carbons (Fsp3) is 0.562. The zero-order valence-corrected chi connectivity index (χ0v) is 12.3. The van der Waals surface area contributed by atoms with E-state index in [0.29, 0.717) is 6.54 Å². The molecule has 0 saturated carbocycles. The van der Waals surface area contributed by atoms with Gasteiger partial charge < -0.3 is 10.4 Å². The zero-order valence-electron chi connectivity index (χ0n) is 12.3. The summed E-state index contributed by atoms with van der Waals surface area (Å²) in [5.41, 5.74) is 1.28. The maximum atomic E-state index is 10.5. The number of hydrogen-bond donors (Lipinski definition) is 2. The lowest BCUT2D eigenvalue weighted by molar-refractivity contribution is 0.190. The predicted molar refractivity (Wildman–Crippen MR) is 81.9 cm³/mol. The van der Waals surface area contributed by atoms with Crippen molar-refractivity contribution in [1.29, 1.82) is 0 Å². The molecule has 0 radical (unpaired) electrons. The molecule has 0 heterocycles. The summed E-state index contributed by atoms with van der Waals surface area (Å²) >= 11 is 0. The predicted octanol–water partition coefficient (Wildman–Crippen LogP) is 3.34. The molecule has 0 aliphatic rings. The Balaban J connectivity index is 2.39. The molecule has 0 unspecified atom stereocenters. The second-order valence-electron chi connectivity index (χ2n) is 5.05. The molecule has 1 aromatic rings. The Labute approximate surface area is 121 Å². The van der Waals surface area contributed by atoms with E-state index in [0.717, 1.165) is 19.6 Å². The molecular formula is C16H26N2O2. The number of amides is 1. The minimum atomic E-state index is -0.948. The van der Waals surface area contributed by atoms with Gasteiger partial charge in [-0.05, 0) is 18.5 Å². The fourth-order valence-electron chi connectivity index (χ4n) is 2.19. The molecule has 1 rings (SSSR count). The highest BCUT2D eigenvalue weighted by molar-refractivity contribution is 5.64. The molecule has 0 atom stereocenters. The molecule has 4 heteroatoms. The lowest BCUT2D eigenvalue weighted by Gasteiger charge is -2.22. The second kappa shape index (κ2) is 10.3. The minimum absolute atomic E-state index is 0.482. The van der Waals surface area contributed by atoms with E-state index >= 15 is 0 Å². The average molecular weight is 278 g/mol. The summed E-state index contributed by atoms with van der Waals surface area (Å²) in [5, 5.41) is 11.1. The van der Waals surface area contributed by atoms with Gasteiger partial charge in [0.15, 0.2) is 0 Å². The maximum Gasteiger partial charge on any atom is 0.404 e. The third kappa shape index (κ3) is 7.79. The monoisotopic (exact) mass is 278 g/mol. The summed E-state index contributed by atoms with van der Waals surface area (Å²) in [4.78, 5) is 12.8. The number of unbranched alkanes of at least 4 members (excludes halogenated alkanes) is 3. The van der Waals surface area contributed by atoms with Crippen LogP contribution in [-0.2, 0) is 6.54 Å². The van der Waals surface area contributed by atoms with E-state index in [1.54, 1.807) is 0 Å². The lowest BCUT2D eigenvalue weighted by Crippen LogP contribution is -2.34. The van der Waals surface area contributed by atoms with Gasteiger partial charge in [-0.3, -0.25) is 4.90 Å². The molecule has 112 valence electrons. The number of rotatable bonds is 10. The van der Waals surface area contributed by atoms with Crippen molar-refractivity contribution in [1.82, 2.24) is 10.2 Å². The number of nitrogens with zero attached hydrogens (tertiary/aromatic N) is 1. The molecule has 0 aliphatic carbocycles. The van der Waals surface area contributed by atoms with Gasteiger partial charge in [0.05, 0.1) is 0 Å². The minimum Gasteiger partial charge on any atom is -0.465 e. The van der Waals surface area contributed by atoms with Crippen LogP contribution in [0.4, 0.5) is 4.79 Å². The van der Waals surface area contributed by atoms with Crippen molar-refractivity contribution in [2.75, 3.05) is 19.6 Å². The molecule has 1 aromatic carbocycles. The number of carbonyl (C=O) groups is 1. The second-order valence-corrected chi connectivity index (χ2v) is 5.05. The van der Waals surface area contributed by atoms with E-state index in [4.69, 9.17) is 5.11 Å². The molecule has 0 spiro atoms. The van der Waals surface area contributed by atoms with Crippen LogP contribution >= 0.6 is 0 Å². The molecule has 0 bridgehead atoms. The molecule has 20 heavy (non-hydrogen) atoms. The van der Waals surface area contributed by atoms with Gasteiger partial charge >= 0.3 is 6.09 Å². The van der Waals surface area contributed by atoms with Crippen molar-refractivity contribution in [3.63, 3.8) is 0 Å². The van der Waals surface area contributed by atoms with Crippen molar-refractivity contribution < 1.29 is 9.90 Å². The number of carboxylic acid groups (broad SMARTS) is 1. The average Bonchev–Trinajstić information content (AvgIpc) is 2.44.